The van der Waals surface area contributed by atoms with Crippen LogP contribution in [0.4, 0.5) is 5.69 Å². The second-order valence-corrected chi connectivity index (χ2v) is 5.20. The summed E-state index contributed by atoms with van der Waals surface area (Å²) in [7, 11) is 0. The lowest BCUT2D eigenvalue weighted by molar-refractivity contribution is -0.255. The van der Waals surface area contributed by atoms with Crippen LogP contribution in [0.15, 0.2) is 29.6 Å². The second kappa shape index (κ2) is 6.91. The van der Waals surface area contributed by atoms with Crippen LogP contribution in [-0.4, -0.2) is 21.6 Å². The molecule has 9 heteroatoms. The van der Waals surface area contributed by atoms with Crippen molar-refractivity contribution < 1.29 is 9.90 Å². The van der Waals surface area contributed by atoms with E-state index in [-0.39, 0.29) is 20.9 Å². The fraction of sp³-hybridized carbons (Fsp3) is 0.0769. The zero-order valence-electron chi connectivity index (χ0n) is 11.1. The second-order valence-electron chi connectivity index (χ2n) is 4.09. The highest BCUT2D eigenvalue weighted by Crippen LogP contribution is 2.36. The molecule has 0 aliphatic heterocycles. The first-order valence-corrected chi connectivity index (χ1v) is 7.01. The van der Waals surface area contributed by atoms with Gasteiger partial charge < -0.3 is 9.90 Å². The summed E-state index contributed by atoms with van der Waals surface area (Å²) in [6, 6.07) is 3.52. The third-order valence-corrected chi connectivity index (χ3v) is 3.77. The summed E-state index contributed by atoms with van der Waals surface area (Å²) in [5, 5.41) is 14.6. The van der Waals surface area contributed by atoms with Gasteiger partial charge in [-0.1, -0.05) is 34.8 Å². The standard InChI is InChI=1S/C13H9Cl3N4O2/c1-6(7-2-4-17-5-3-7)19-20-10-8(14)11(13(21)22)18-12(16)9(10)15/h2-5H,1H3,(H,18,20)(H,21,22)/p-1/b19-6-. The number of hydrogen-bond donors (Lipinski definition) is 1. The SMILES string of the molecule is C/C(=N/Nc1c(Cl)c(Cl)nc(C(=O)[O-])c1Cl)c1ccncc1. The molecule has 2 rings (SSSR count). The topological polar surface area (TPSA) is 90.3 Å². The van der Waals surface area contributed by atoms with Crippen LogP contribution in [0.1, 0.15) is 23.0 Å². The number of carbonyl (C=O) groups is 1. The minimum Gasteiger partial charge on any atom is -0.543 e. The van der Waals surface area contributed by atoms with Crippen LogP contribution >= 0.6 is 34.8 Å². The maximum atomic E-state index is 11.0. The Morgan fingerprint density at radius 3 is 2.45 bits per heavy atom. The van der Waals surface area contributed by atoms with Gasteiger partial charge >= 0.3 is 0 Å². The number of anilines is 1. The summed E-state index contributed by atoms with van der Waals surface area (Å²) < 4.78 is 0. The molecule has 0 saturated carbocycles. The van der Waals surface area contributed by atoms with Crippen molar-refractivity contribution in [2.45, 2.75) is 6.92 Å². The highest BCUT2D eigenvalue weighted by molar-refractivity contribution is 6.46. The van der Waals surface area contributed by atoms with Crippen molar-refractivity contribution in [3.05, 3.63) is 51.0 Å². The summed E-state index contributed by atoms with van der Waals surface area (Å²) in [5.74, 6) is -1.57. The molecule has 0 amide bonds. The van der Waals surface area contributed by atoms with E-state index in [4.69, 9.17) is 34.8 Å². The molecule has 0 atom stereocenters. The van der Waals surface area contributed by atoms with Crippen LogP contribution in [0.25, 0.3) is 0 Å². The lowest BCUT2D eigenvalue weighted by Crippen LogP contribution is -2.24. The number of carbonyl (C=O) groups excluding carboxylic acids is 1. The zero-order valence-corrected chi connectivity index (χ0v) is 13.4. The molecule has 0 fully saturated rings. The van der Waals surface area contributed by atoms with Crippen LogP contribution in [0.3, 0.4) is 0 Å². The van der Waals surface area contributed by atoms with Gasteiger partial charge in [-0.25, -0.2) is 4.98 Å². The Kier molecular flexibility index (Phi) is 5.18. The number of rotatable bonds is 4. The molecule has 0 unspecified atom stereocenters. The van der Waals surface area contributed by atoms with Crippen LogP contribution in [0.2, 0.25) is 15.2 Å². The normalized spacial score (nSPS) is 11.4. The average molecular weight is 359 g/mol. The maximum absolute atomic E-state index is 11.0. The van der Waals surface area contributed by atoms with E-state index in [9.17, 15) is 9.90 Å². The molecule has 0 aromatic carbocycles. The van der Waals surface area contributed by atoms with E-state index in [0.29, 0.717) is 5.71 Å². The summed E-state index contributed by atoms with van der Waals surface area (Å²) in [4.78, 5) is 18.4. The molecular formula is C13H8Cl3N4O2-. The lowest BCUT2D eigenvalue weighted by Gasteiger charge is -2.12. The number of aromatic nitrogens is 2. The predicted molar refractivity (Wildman–Crippen MR) is 83.7 cm³/mol. The Bertz CT molecular complexity index is 751. The first kappa shape index (κ1) is 16.5. The number of nitrogens with one attached hydrogen (secondary N) is 1. The van der Waals surface area contributed by atoms with Gasteiger partial charge in [-0.2, -0.15) is 5.10 Å². The molecule has 0 aliphatic carbocycles. The number of pyridine rings is 2. The highest BCUT2D eigenvalue weighted by atomic mass is 35.5. The summed E-state index contributed by atoms with van der Waals surface area (Å²) >= 11 is 17.7. The number of hydrogen-bond acceptors (Lipinski definition) is 6. The molecule has 0 radical (unpaired) electrons. The average Bonchev–Trinajstić information content (AvgIpc) is 2.51. The van der Waals surface area contributed by atoms with Gasteiger partial charge in [-0.3, -0.25) is 10.4 Å². The van der Waals surface area contributed by atoms with E-state index in [1.54, 1.807) is 31.5 Å². The molecule has 114 valence electrons. The van der Waals surface area contributed by atoms with E-state index in [0.717, 1.165) is 5.56 Å². The van der Waals surface area contributed by atoms with Crippen LogP contribution in [-0.2, 0) is 0 Å². The third-order valence-electron chi connectivity index (χ3n) is 2.66. The van der Waals surface area contributed by atoms with E-state index in [1.807, 2.05) is 0 Å². The number of carboxylic acid groups (broad SMARTS) is 1. The van der Waals surface area contributed by atoms with Gasteiger partial charge in [0.2, 0.25) is 0 Å². The number of hydrazone groups is 1. The summed E-state index contributed by atoms with van der Waals surface area (Å²) in [5.41, 5.74) is 3.55. The number of aromatic carboxylic acids is 1. The third kappa shape index (κ3) is 3.47. The van der Waals surface area contributed by atoms with Crippen LogP contribution < -0.4 is 10.5 Å². The van der Waals surface area contributed by atoms with Crippen molar-refractivity contribution in [2.75, 3.05) is 5.43 Å². The Morgan fingerprint density at radius 2 is 1.86 bits per heavy atom. The minimum atomic E-state index is -1.57. The largest absolute Gasteiger partial charge is 0.543 e. The van der Waals surface area contributed by atoms with Crippen molar-refractivity contribution in [2.24, 2.45) is 5.10 Å². The Hall–Kier alpha value is -1.89. The van der Waals surface area contributed by atoms with Gasteiger partial charge in [-0.15, -0.1) is 0 Å². The van der Waals surface area contributed by atoms with E-state index < -0.39 is 11.7 Å². The van der Waals surface area contributed by atoms with Crippen LogP contribution in [0.5, 0.6) is 0 Å². The minimum absolute atomic E-state index is 0.0379. The quantitative estimate of drug-likeness (QED) is 0.515. The molecule has 2 aromatic heterocycles. The number of carboxylic acids is 1. The first-order valence-electron chi connectivity index (χ1n) is 5.88. The molecule has 0 aliphatic rings. The van der Waals surface area contributed by atoms with Crippen molar-refractivity contribution in [1.29, 1.82) is 0 Å². The molecule has 0 spiro atoms. The molecule has 22 heavy (non-hydrogen) atoms. The van der Waals surface area contributed by atoms with Crippen LogP contribution in [0, 0.1) is 0 Å². The Balaban J connectivity index is 2.40. The number of nitrogens with zero attached hydrogens (tertiary/aromatic N) is 3. The first-order chi connectivity index (χ1) is 10.4. The highest BCUT2D eigenvalue weighted by Gasteiger charge is 2.17. The van der Waals surface area contributed by atoms with Gasteiger partial charge in [0.1, 0.15) is 10.7 Å². The van der Waals surface area contributed by atoms with E-state index in [2.05, 4.69) is 20.5 Å². The predicted octanol–water partition coefficient (Wildman–Crippen LogP) is 2.64. The monoisotopic (exact) mass is 357 g/mol. The maximum Gasteiger partial charge on any atom is 0.150 e. The molecule has 0 saturated heterocycles. The molecule has 1 N–H and O–H groups in total. The molecule has 6 nitrogen and oxygen atoms in total. The fourth-order valence-electron chi connectivity index (χ4n) is 1.55. The molecule has 2 aromatic rings. The van der Waals surface area contributed by atoms with Crippen molar-refractivity contribution in [3.8, 4) is 0 Å². The van der Waals surface area contributed by atoms with Gasteiger partial charge in [-0.05, 0) is 19.1 Å². The smallest absolute Gasteiger partial charge is 0.150 e. The van der Waals surface area contributed by atoms with Gasteiger partial charge in [0.05, 0.1) is 22.4 Å². The number of halogens is 3. The molecular weight excluding hydrogens is 351 g/mol. The summed E-state index contributed by atoms with van der Waals surface area (Å²) in [6.45, 7) is 1.74. The fourth-order valence-corrected chi connectivity index (χ4v) is 2.21. The molecule has 2 heterocycles. The Morgan fingerprint density at radius 1 is 1.23 bits per heavy atom. The van der Waals surface area contributed by atoms with E-state index in [1.165, 1.54) is 0 Å². The van der Waals surface area contributed by atoms with Crippen molar-refractivity contribution in [1.82, 2.24) is 9.97 Å². The van der Waals surface area contributed by atoms with Gasteiger partial charge in [0, 0.05) is 18.0 Å². The lowest BCUT2D eigenvalue weighted by atomic mass is 10.2. The van der Waals surface area contributed by atoms with Gasteiger partial charge in [0.15, 0.2) is 5.15 Å². The summed E-state index contributed by atoms with van der Waals surface area (Å²) in [6.07, 6.45) is 3.23. The van der Waals surface area contributed by atoms with Crippen molar-refractivity contribution >= 4 is 52.2 Å². The zero-order chi connectivity index (χ0) is 16.3. The van der Waals surface area contributed by atoms with Crippen molar-refractivity contribution in [3.63, 3.8) is 0 Å². The molecule has 0 bridgehead atoms. The van der Waals surface area contributed by atoms with Gasteiger partial charge in [0.25, 0.3) is 0 Å². The Labute approximate surface area is 140 Å². The van der Waals surface area contributed by atoms with E-state index >= 15 is 0 Å².